The number of amides is 1. The van der Waals surface area contributed by atoms with E-state index in [0.717, 1.165) is 11.1 Å². The molecule has 29 heavy (non-hydrogen) atoms. The van der Waals surface area contributed by atoms with E-state index in [1.807, 2.05) is 54.2 Å². The summed E-state index contributed by atoms with van der Waals surface area (Å²) in [6, 6.07) is 15.5. The van der Waals surface area contributed by atoms with Crippen LogP contribution in [0.25, 0.3) is 0 Å². The number of nitrogens with zero attached hydrogens (tertiary/aromatic N) is 1. The number of benzene rings is 2. The van der Waals surface area contributed by atoms with Gasteiger partial charge in [-0.2, -0.15) is 0 Å². The molecule has 152 valence electrons. The third kappa shape index (κ3) is 4.71. The van der Waals surface area contributed by atoms with Gasteiger partial charge in [0, 0.05) is 30.2 Å². The topological polar surface area (TPSA) is 61.7 Å². The third-order valence-electron chi connectivity index (χ3n) is 4.74. The number of aromatic nitrogens is 1. The summed E-state index contributed by atoms with van der Waals surface area (Å²) in [5, 5.41) is 2.95. The lowest BCUT2D eigenvalue weighted by Crippen LogP contribution is -2.19. The van der Waals surface area contributed by atoms with Gasteiger partial charge in [-0.25, -0.2) is 0 Å². The lowest BCUT2D eigenvalue weighted by Gasteiger charge is -2.20. The Balaban J connectivity index is 1.84. The highest BCUT2D eigenvalue weighted by molar-refractivity contribution is 5.92. The van der Waals surface area contributed by atoms with Crippen molar-refractivity contribution < 1.29 is 19.0 Å². The molecule has 6 nitrogen and oxygen atoms in total. The zero-order valence-electron chi connectivity index (χ0n) is 17.1. The van der Waals surface area contributed by atoms with E-state index < -0.39 is 0 Å². The summed E-state index contributed by atoms with van der Waals surface area (Å²) in [6.45, 7) is 2.05. The summed E-state index contributed by atoms with van der Waals surface area (Å²) >= 11 is 0. The fourth-order valence-electron chi connectivity index (χ4n) is 3.37. The molecule has 0 saturated heterocycles. The SMILES string of the molecule is COc1cc(NC(=O)C[C@H](c2cccc(C)c2)n2cccc2)cc(OC)c1OC. The Labute approximate surface area is 171 Å². The van der Waals surface area contributed by atoms with Crippen LogP contribution in [0.3, 0.4) is 0 Å². The molecule has 0 saturated carbocycles. The summed E-state index contributed by atoms with van der Waals surface area (Å²) in [7, 11) is 4.63. The van der Waals surface area contributed by atoms with Gasteiger partial charge in [-0.1, -0.05) is 29.8 Å². The van der Waals surface area contributed by atoms with Crippen LogP contribution in [0.2, 0.25) is 0 Å². The number of methoxy groups -OCH3 is 3. The van der Waals surface area contributed by atoms with Crippen LogP contribution in [0.1, 0.15) is 23.6 Å². The minimum atomic E-state index is -0.112. The van der Waals surface area contributed by atoms with Crippen LogP contribution in [0.4, 0.5) is 5.69 Å². The van der Waals surface area contributed by atoms with E-state index in [2.05, 4.69) is 11.4 Å². The number of carbonyl (C=O) groups is 1. The monoisotopic (exact) mass is 394 g/mol. The number of rotatable bonds is 8. The fourth-order valence-corrected chi connectivity index (χ4v) is 3.37. The molecule has 1 heterocycles. The van der Waals surface area contributed by atoms with Crippen molar-refractivity contribution in [3.8, 4) is 17.2 Å². The molecule has 3 aromatic rings. The van der Waals surface area contributed by atoms with E-state index >= 15 is 0 Å². The van der Waals surface area contributed by atoms with Crippen molar-refractivity contribution in [3.05, 3.63) is 72.1 Å². The molecule has 3 rings (SSSR count). The predicted molar refractivity (Wildman–Crippen MR) is 113 cm³/mol. The lowest BCUT2D eigenvalue weighted by molar-refractivity contribution is -0.116. The minimum Gasteiger partial charge on any atom is -0.493 e. The van der Waals surface area contributed by atoms with Crippen LogP contribution in [-0.4, -0.2) is 31.8 Å². The average molecular weight is 394 g/mol. The van der Waals surface area contributed by atoms with Gasteiger partial charge in [-0.05, 0) is 24.6 Å². The molecule has 0 unspecified atom stereocenters. The Morgan fingerprint density at radius 2 is 1.62 bits per heavy atom. The molecule has 1 atom stereocenters. The molecule has 1 N–H and O–H groups in total. The second-order valence-corrected chi connectivity index (χ2v) is 6.73. The van der Waals surface area contributed by atoms with Crippen LogP contribution in [0.5, 0.6) is 17.2 Å². The minimum absolute atomic E-state index is 0.105. The molecular formula is C23H26N2O4. The quantitative estimate of drug-likeness (QED) is 0.614. The summed E-state index contributed by atoms with van der Waals surface area (Å²) < 4.78 is 18.1. The number of hydrogen-bond acceptors (Lipinski definition) is 4. The van der Waals surface area contributed by atoms with Crippen LogP contribution >= 0.6 is 0 Å². The number of hydrogen-bond donors (Lipinski definition) is 1. The Morgan fingerprint density at radius 1 is 0.966 bits per heavy atom. The van der Waals surface area contributed by atoms with Gasteiger partial charge in [0.1, 0.15) is 0 Å². The normalized spacial score (nSPS) is 11.6. The largest absolute Gasteiger partial charge is 0.493 e. The second-order valence-electron chi connectivity index (χ2n) is 6.73. The van der Waals surface area contributed by atoms with Crippen molar-refractivity contribution in [2.24, 2.45) is 0 Å². The third-order valence-corrected chi connectivity index (χ3v) is 4.74. The first-order valence-corrected chi connectivity index (χ1v) is 9.34. The molecule has 6 heteroatoms. The fraction of sp³-hybridized carbons (Fsp3) is 0.261. The first-order chi connectivity index (χ1) is 14.0. The molecule has 0 spiro atoms. The molecular weight excluding hydrogens is 368 g/mol. The number of carbonyl (C=O) groups excluding carboxylic acids is 1. The lowest BCUT2D eigenvalue weighted by atomic mass is 10.0. The van der Waals surface area contributed by atoms with Gasteiger partial charge in [0.15, 0.2) is 11.5 Å². The van der Waals surface area contributed by atoms with Gasteiger partial charge in [0.25, 0.3) is 0 Å². The van der Waals surface area contributed by atoms with Gasteiger partial charge >= 0.3 is 0 Å². The van der Waals surface area contributed by atoms with Gasteiger partial charge in [0.2, 0.25) is 11.7 Å². The molecule has 0 aliphatic carbocycles. The second kappa shape index (κ2) is 9.19. The zero-order valence-corrected chi connectivity index (χ0v) is 17.1. The molecule has 1 amide bonds. The first-order valence-electron chi connectivity index (χ1n) is 9.34. The summed E-state index contributed by atoms with van der Waals surface area (Å²) in [5.41, 5.74) is 2.82. The van der Waals surface area contributed by atoms with Crippen LogP contribution in [0.15, 0.2) is 60.9 Å². The first kappa shape index (κ1) is 20.3. The molecule has 0 aliphatic heterocycles. The smallest absolute Gasteiger partial charge is 0.226 e. The molecule has 2 aromatic carbocycles. The van der Waals surface area contributed by atoms with Crippen LogP contribution < -0.4 is 19.5 Å². The molecule has 0 bridgehead atoms. The van der Waals surface area contributed by atoms with Crippen molar-refractivity contribution in [1.29, 1.82) is 0 Å². The summed E-state index contributed by atoms with van der Waals surface area (Å²) in [5.74, 6) is 1.35. The zero-order chi connectivity index (χ0) is 20.8. The van der Waals surface area contributed by atoms with E-state index in [1.54, 1.807) is 33.5 Å². The summed E-state index contributed by atoms with van der Waals surface area (Å²) in [6.07, 6.45) is 4.23. The van der Waals surface area contributed by atoms with Crippen molar-refractivity contribution in [2.75, 3.05) is 26.6 Å². The Bertz CT molecular complexity index is 942. The number of anilines is 1. The highest BCUT2D eigenvalue weighted by Crippen LogP contribution is 2.40. The highest BCUT2D eigenvalue weighted by Gasteiger charge is 2.19. The van der Waals surface area contributed by atoms with E-state index in [9.17, 15) is 4.79 Å². The van der Waals surface area contributed by atoms with Gasteiger partial charge < -0.3 is 24.1 Å². The van der Waals surface area contributed by atoms with Crippen LogP contribution in [-0.2, 0) is 4.79 Å². The maximum Gasteiger partial charge on any atom is 0.226 e. The summed E-state index contributed by atoms with van der Waals surface area (Å²) in [4.78, 5) is 12.9. The van der Waals surface area contributed by atoms with E-state index in [0.29, 0.717) is 22.9 Å². The van der Waals surface area contributed by atoms with E-state index in [1.165, 1.54) is 0 Å². The van der Waals surface area contributed by atoms with Crippen molar-refractivity contribution >= 4 is 11.6 Å². The van der Waals surface area contributed by atoms with E-state index in [-0.39, 0.29) is 18.4 Å². The molecule has 0 radical (unpaired) electrons. The Kier molecular flexibility index (Phi) is 6.44. The van der Waals surface area contributed by atoms with Crippen molar-refractivity contribution in [1.82, 2.24) is 4.57 Å². The van der Waals surface area contributed by atoms with Crippen molar-refractivity contribution in [2.45, 2.75) is 19.4 Å². The standard InChI is InChI=1S/C23H26N2O4/c1-16-8-7-9-17(12-16)19(25-10-5-6-11-25)15-22(26)24-18-13-20(27-2)23(29-4)21(14-18)28-3/h5-14,19H,15H2,1-4H3,(H,24,26)/t19-/m1/s1. The molecule has 1 aromatic heterocycles. The molecule has 0 fully saturated rings. The Hall–Kier alpha value is -3.41. The maximum atomic E-state index is 12.9. The van der Waals surface area contributed by atoms with Gasteiger partial charge in [-0.15, -0.1) is 0 Å². The van der Waals surface area contributed by atoms with Gasteiger partial charge in [-0.3, -0.25) is 4.79 Å². The van der Waals surface area contributed by atoms with Crippen LogP contribution in [0, 0.1) is 6.92 Å². The van der Waals surface area contributed by atoms with Gasteiger partial charge in [0.05, 0.1) is 33.8 Å². The Morgan fingerprint density at radius 3 is 2.17 bits per heavy atom. The van der Waals surface area contributed by atoms with E-state index in [4.69, 9.17) is 14.2 Å². The molecule has 0 aliphatic rings. The highest BCUT2D eigenvalue weighted by atomic mass is 16.5. The average Bonchev–Trinajstić information content (AvgIpc) is 3.25. The maximum absolute atomic E-state index is 12.9. The predicted octanol–water partition coefficient (Wildman–Crippen LogP) is 4.44. The number of aryl methyl sites for hydroxylation is 1. The number of nitrogens with one attached hydrogen (secondary N) is 1. The number of ether oxygens (including phenoxy) is 3. The van der Waals surface area contributed by atoms with Crippen molar-refractivity contribution in [3.63, 3.8) is 0 Å².